The summed E-state index contributed by atoms with van der Waals surface area (Å²) in [6.07, 6.45) is 8.61. The number of unbranched alkanes of at least 4 members (excludes halogenated alkanes) is 2. The third-order valence-electron chi connectivity index (χ3n) is 7.50. The van der Waals surface area contributed by atoms with Crippen molar-refractivity contribution < 1.29 is 50.5 Å². The van der Waals surface area contributed by atoms with Gasteiger partial charge in [0, 0.05) is 0 Å². The average Bonchev–Trinajstić information content (AvgIpc) is 3.15. The van der Waals surface area contributed by atoms with Gasteiger partial charge in [0.2, 0.25) is 0 Å². The van der Waals surface area contributed by atoms with E-state index >= 15 is 0 Å². The largest absolute Gasteiger partial charge is 2.00 e. The maximum atomic E-state index is 2.27. The van der Waals surface area contributed by atoms with Crippen molar-refractivity contribution in [3.05, 3.63) is 182 Å². The molecule has 0 aliphatic carbocycles. The molecule has 0 aliphatic heterocycles. The number of hydrogen-bond acceptors (Lipinski definition) is 0. The van der Waals surface area contributed by atoms with Gasteiger partial charge in [-0.2, -0.15) is 0 Å². The minimum atomic E-state index is -0.446. The maximum Gasteiger partial charge on any atom is 2.00 e. The molecule has 0 aliphatic rings. The first-order valence-electron chi connectivity index (χ1n) is 16.9. The first-order chi connectivity index (χ1) is 23.3. The molecule has 0 nitrogen and oxygen atoms in total. The van der Waals surface area contributed by atoms with Crippen LogP contribution in [0.4, 0.5) is 0 Å². The smallest absolute Gasteiger partial charge is 1.00 e. The molecule has 0 aromatic heterocycles. The van der Waals surface area contributed by atoms with E-state index in [1.165, 1.54) is 78.4 Å². The zero-order valence-electron chi connectivity index (χ0n) is 29.0. The van der Waals surface area contributed by atoms with E-state index < -0.39 is 15.8 Å². The molecule has 6 rings (SSSR count). The quantitative estimate of drug-likeness (QED) is 0.0986. The molecule has 0 bridgehead atoms. The van der Waals surface area contributed by atoms with E-state index in [0.717, 1.165) is 0 Å². The van der Waals surface area contributed by atoms with Crippen molar-refractivity contribution in [2.75, 3.05) is 12.3 Å². The molecule has 0 radical (unpaired) electrons. The molecule has 0 N–H and O–H groups in total. The van der Waals surface area contributed by atoms with Crippen LogP contribution in [0.3, 0.4) is 0 Å². The van der Waals surface area contributed by atoms with Crippen molar-refractivity contribution in [1.29, 1.82) is 0 Å². The molecule has 0 unspecified atom stereocenters. The van der Waals surface area contributed by atoms with E-state index in [-0.39, 0.29) is 50.5 Å². The predicted molar refractivity (Wildman–Crippen MR) is 218 cm³/mol. The molecule has 0 spiro atoms. The summed E-state index contributed by atoms with van der Waals surface area (Å²) in [5.74, 6) is 0. The molecule has 0 fully saturated rings. The Labute approximate surface area is 338 Å². The molecule has 0 saturated carbocycles. The Hall–Kier alpha value is -1.94. The second-order valence-electron chi connectivity index (χ2n) is 11.1. The van der Waals surface area contributed by atoms with E-state index in [1.807, 2.05) is 0 Å². The molecule has 6 aromatic rings. The Morgan fingerprint density at radius 2 is 0.520 bits per heavy atom. The zero-order chi connectivity index (χ0) is 32.8. The summed E-state index contributed by atoms with van der Waals surface area (Å²) in [4.78, 5) is 0. The van der Waals surface area contributed by atoms with Crippen LogP contribution < -0.4 is 65.8 Å². The Morgan fingerprint density at radius 3 is 0.680 bits per heavy atom. The standard InChI is InChI=1S/2C18H15P.C8H19P.2BrH.Ni/c2*1-4-10-16(11-5-1)19(17-12-6-2-7-13-17)18-14-8-3-9-15-18;1-3-5-7-9-8-6-4-2;;;/h2*1-15H;9H,3-8H2,1-2H3;2*1H;/q;;;;;+2/p-2. The van der Waals surface area contributed by atoms with Gasteiger partial charge in [0.05, 0.1) is 0 Å². The Kier molecular flexibility index (Phi) is 26.4. The van der Waals surface area contributed by atoms with Crippen molar-refractivity contribution in [1.82, 2.24) is 0 Å². The van der Waals surface area contributed by atoms with Gasteiger partial charge in [-0.15, -0.1) is 8.58 Å². The van der Waals surface area contributed by atoms with Crippen LogP contribution in [0.5, 0.6) is 0 Å². The molecular formula is C44H49Br2NiP3. The molecule has 6 aromatic carbocycles. The monoisotopic (exact) mass is 886 g/mol. The summed E-state index contributed by atoms with van der Waals surface area (Å²) in [6.45, 7) is 4.54. The molecule has 6 heteroatoms. The molecular weight excluding hydrogens is 840 g/mol. The molecule has 264 valence electrons. The number of hydrogen-bond donors (Lipinski definition) is 0. The van der Waals surface area contributed by atoms with Gasteiger partial charge in [0.1, 0.15) is 0 Å². The first kappa shape index (κ1) is 46.1. The second kappa shape index (κ2) is 28.6. The molecule has 0 saturated heterocycles. The van der Waals surface area contributed by atoms with Crippen LogP contribution in [0.15, 0.2) is 182 Å². The third kappa shape index (κ3) is 16.2. The van der Waals surface area contributed by atoms with Crippen molar-refractivity contribution >= 4 is 56.3 Å². The number of rotatable bonds is 12. The first-order valence-corrected chi connectivity index (χ1v) is 21.0. The fourth-order valence-corrected chi connectivity index (χ4v) is 11.2. The minimum absolute atomic E-state index is 0. The summed E-state index contributed by atoms with van der Waals surface area (Å²) in [7, 11) is 0.354. The van der Waals surface area contributed by atoms with Gasteiger partial charge in [0.15, 0.2) is 0 Å². The van der Waals surface area contributed by atoms with Gasteiger partial charge in [-0.25, -0.2) is 0 Å². The summed E-state index contributed by atoms with van der Waals surface area (Å²) in [5.41, 5.74) is 0. The Bertz CT molecular complexity index is 1300. The Balaban J connectivity index is 0.000000387. The summed E-state index contributed by atoms with van der Waals surface area (Å²) < 4.78 is 0. The number of benzene rings is 6. The molecule has 50 heavy (non-hydrogen) atoms. The van der Waals surface area contributed by atoms with Gasteiger partial charge >= 0.3 is 16.5 Å². The van der Waals surface area contributed by atoms with Crippen LogP contribution >= 0.6 is 24.4 Å². The van der Waals surface area contributed by atoms with Gasteiger partial charge < -0.3 is 34.0 Å². The summed E-state index contributed by atoms with van der Waals surface area (Å²) in [6, 6.07) is 64.7. The fraction of sp³-hybridized carbons (Fsp3) is 0.182. The average molecular weight is 889 g/mol. The Morgan fingerprint density at radius 1 is 0.340 bits per heavy atom. The van der Waals surface area contributed by atoms with Crippen LogP contribution in [0, 0.1) is 0 Å². The fourth-order valence-electron chi connectivity index (χ4n) is 5.09. The van der Waals surface area contributed by atoms with Crippen molar-refractivity contribution in [2.45, 2.75) is 39.5 Å². The van der Waals surface area contributed by atoms with Crippen molar-refractivity contribution in [2.24, 2.45) is 0 Å². The van der Waals surface area contributed by atoms with E-state index in [2.05, 4.69) is 196 Å². The van der Waals surface area contributed by atoms with Crippen LogP contribution in [0.2, 0.25) is 0 Å². The van der Waals surface area contributed by atoms with Crippen LogP contribution in [-0.2, 0) is 16.5 Å². The van der Waals surface area contributed by atoms with E-state index in [9.17, 15) is 0 Å². The van der Waals surface area contributed by atoms with E-state index in [4.69, 9.17) is 0 Å². The van der Waals surface area contributed by atoms with E-state index in [1.54, 1.807) is 0 Å². The predicted octanol–water partition coefficient (Wildman–Crippen LogP) is 4.16. The normalized spacial score (nSPS) is 9.84. The summed E-state index contributed by atoms with van der Waals surface area (Å²) >= 11 is 0. The van der Waals surface area contributed by atoms with E-state index in [0.29, 0.717) is 0 Å². The van der Waals surface area contributed by atoms with Crippen LogP contribution in [0.1, 0.15) is 39.5 Å². The van der Waals surface area contributed by atoms with Gasteiger partial charge in [0.25, 0.3) is 0 Å². The molecule has 0 amide bonds. The third-order valence-corrected chi connectivity index (χ3v) is 13.8. The topological polar surface area (TPSA) is 0 Å². The summed E-state index contributed by atoms with van der Waals surface area (Å²) in [5, 5.41) is 8.39. The van der Waals surface area contributed by atoms with Crippen molar-refractivity contribution in [3.63, 3.8) is 0 Å². The maximum absolute atomic E-state index is 2.27. The molecule has 0 atom stereocenters. The van der Waals surface area contributed by atoms with Gasteiger partial charge in [-0.3, -0.25) is 0 Å². The second-order valence-corrected chi connectivity index (χ2v) is 17.1. The minimum Gasteiger partial charge on any atom is -1.00 e. The van der Waals surface area contributed by atoms with Gasteiger partial charge in [-0.1, -0.05) is 209 Å². The van der Waals surface area contributed by atoms with Crippen LogP contribution in [-0.4, -0.2) is 12.3 Å². The number of halogens is 2. The SMILES string of the molecule is CCCCPCCCC.[Br-].[Br-].[Ni+2].c1ccc(P(c2ccccc2)c2ccccc2)cc1.c1ccc(P(c2ccccc2)c2ccccc2)cc1. The molecule has 0 heterocycles. The van der Waals surface area contributed by atoms with Gasteiger partial charge in [-0.05, 0) is 72.8 Å². The van der Waals surface area contributed by atoms with Crippen molar-refractivity contribution in [3.8, 4) is 0 Å². The zero-order valence-corrected chi connectivity index (χ0v) is 36.0. The van der Waals surface area contributed by atoms with Crippen LogP contribution in [0.25, 0.3) is 0 Å².